The van der Waals surface area contributed by atoms with Crippen LogP contribution in [0.15, 0.2) is 77.8 Å². The van der Waals surface area contributed by atoms with Crippen molar-refractivity contribution in [2.75, 3.05) is 4.31 Å². The molecule has 0 radical (unpaired) electrons. The number of anilines is 1. The van der Waals surface area contributed by atoms with Crippen molar-refractivity contribution in [3.63, 3.8) is 0 Å². The molecule has 8 heteroatoms. The van der Waals surface area contributed by atoms with Crippen molar-refractivity contribution in [3.8, 4) is 5.75 Å². The molecule has 1 heterocycles. The van der Waals surface area contributed by atoms with E-state index in [1.165, 1.54) is 36.4 Å². The Morgan fingerprint density at radius 2 is 1.63 bits per heavy atom. The molecule has 2 N–H and O–H groups in total. The summed E-state index contributed by atoms with van der Waals surface area (Å²) in [5.74, 6) is -1.34. The zero-order valence-corrected chi connectivity index (χ0v) is 14.9. The highest BCUT2D eigenvalue weighted by Crippen LogP contribution is 2.32. The Labute approximate surface area is 156 Å². The predicted octanol–water partition coefficient (Wildman–Crippen LogP) is 2.88. The van der Waals surface area contributed by atoms with Gasteiger partial charge in [0.25, 0.3) is 10.0 Å². The van der Waals surface area contributed by atoms with Crippen LogP contribution < -0.4 is 4.31 Å². The largest absolute Gasteiger partial charge is 0.506 e. The lowest BCUT2D eigenvalue weighted by Crippen LogP contribution is -2.31. The van der Waals surface area contributed by atoms with Gasteiger partial charge in [0.15, 0.2) is 0 Å². The molecule has 3 rings (SSSR count). The average Bonchev–Trinajstić information content (AvgIpc) is 2.67. The molecule has 3 aromatic rings. The van der Waals surface area contributed by atoms with Crippen LogP contribution in [0.2, 0.25) is 0 Å². The molecule has 0 unspecified atom stereocenters. The van der Waals surface area contributed by atoms with Gasteiger partial charge in [-0.25, -0.2) is 13.2 Å². The lowest BCUT2D eigenvalue weighted by molar-refractivity contribution is 0.0696. The van der Waals surface area contributed by atoms with Gasteiger partial charge in [-0.1, -0.05) is 18.2 Å². The predicted molar refractivity (Wildman–Crippen MR) is 99.1 cm³/mol. The van der Waals surface area contributed by atoms with E-state index in [4.69, 9.17) is 5.11 Å². The maximum atomic E-state index is 13.2. The summed E-state index contributed by atoms with van der Waals surface area (Å²) in [6, 6.07) is 16.1. The number of hydrogen-bond donors (Lipinski definition) is 2. The van der Waals surface area contributed by atoms with Gasteiger partial charge in [-0.3, -0.25) is 9.29 Å². The zero-order chi connectivity index (χ0) is 19.4. The quantitative estimate of drug-likeness (QED) is 0.677. The van der Waals surface area contributed by atoms with E-state index in [1.54, 1.807) is 36.5 Å². The summed E-state index contributed by atoms with van der Waals surface area (Å²) in [5.41, 5.74) is 0.574. The summed E-state index contributed by atoms with van der Waals surface area (Å²) in [6.07, 6.45) is 1.55. The van der Waals surface area contributed by atoms with Gasteiger partial charge in [0.2, 0.25) is 0 Å². The molecule has 2 aromatic carbocycles. The number of rotatable bonds is 6. The van der Waals surface area contributed by atoms with Gasteiger partial charge in [-0.15, -0.1) is 0 Å². The molecular formula is C19H16N2O5S. The number of hydrogen-bond acceptors (Lipinski definition) is 5. The molecule has 0 aliphatic heterocycles. The number of para-hydroxylation sites is 2. The molecule has 0 saturated carbocycles. The third-order valence-corrected chi connectivity index (χ3v) is 5.65. The number of carboxylic acid groups (broad SMARTS) is 1. The monoisotopic (exact) mass is 384 g/mol. The van der Waals surface area contributed by atoms with Crippen molar-refractivity contribution < 1.29 is 23.4 Å². The van der Waals surface area contributed by atoms with Crippen molar-refractivity contribution >= 4 is 21.7 Å². The highest BCUT2D eigenvalue weighted by atomic mass is 32.2. The van der Waals surface area contributed by atoms with Crippen LogP contribution in [0.25, 0.3) is 0 Å². The first-order valence-electron chi connectivity index (χ1n) is 7.93. The summed E-state index contributed by atoms with van der Waals surface area (Å²) in [6.45, 7) is -0.0958. The van der Waals surface area contributed by atoms with Gasteiger partial charge in [0.1, 0.15) is 5.75 Å². The summed E-state index contributed by atoms with van der Waals surface area (Å²) in [5, 5.41) is 19.2. The molecule has 138 valence electrons. The first kappa shape index (κ1) is 18.4. The molecule has 7 nitrogen and oxygen atoms in total. The first-order chi connectivity index (χ1) is 12.9. The van der Waals surface area contributed by atoms with E-state index in [1.807, 2.05) is 0 Å². The maximum absolute atomic E-state index is 13.2. The van der Waals surface area contributed by atoms with Gasteiger partial charge in [0.05, 0.1) is 28.4 Å². The normalized spacial score (nSPS) is 11.1. The Bertz CT molecular complexity index is 1050. The van der Waals surface area contributed by atoms with E-state index >= 15 is 0 Å². The summed E-state index contributed by atoms with van der Waals surface area (Å²) in [7, 11) is -4.08. The minimum Gasteiger partial charge on any atom is -0.506 e. The number of nitrogens with zero attached hydrogens (tertiary/aromatic N) is 2. The van der Waals surface area contributed by atoms with Crippen molar-refractivity contribution in [2.24, 2.45) is 0 Å². The SMILES string of the molecule is O=C(O)c1ccc(S(=O)(=O)N(Cc2ccccn2)c2ccccc2O)cc1. The fourth-order valence-corrected chi connectivity index (χ4v) is 3.96. The summed E-state index contributed by atoms with van der Waals surface area (Å²) < 4.78 is 27.5. The van der Waals surface area contributed by atoms with E-state index in [9.17, 15) is 18.3 Å². The first-order valence-corrected chi connectivity index (χ1v) is 9.37. The Hall–Kier alpha value is -3.39. The number of phenols is 1. The second-order valence-electron chi connectivity index (χ2n) is 5.65. The smallest absolute Gasteiger partial charge is 0.335 e. The van der Waals surface area contributed by atoms with Crippen LogP contribution in [0, 0.1) is 0 Å². The zero-order valence-electron chi connectivity index (χ0n) is 14.1. The van der Waals surface area contributed by atoms with Gasteiger partial charge < -0.3 is 10.2 Å². The van der Waals surface area contributed by atoms with E-state index < -0.39 is 16.0 Å². The minimum atomic E-state index is -4.08. The van der Waals surface area contributed by atoms with Gasteiger partial charge >= 0.3 is 5.97 Å². The molecule has 0 saturated heterocycles. The van der Waals surface area contributed by atoms with E-state index in [2.05, 4.69) is 4.98 Å². The Morgan fingerprint density at radius 1 is 0.963 bits per heavy atom. The summed E-state index contributed by atoms with van der Waals surface area (Å²) in [4.78, 5) is 15.1. The lowest BCUT2D eigenvalue weighted by atomic mass is 10.2. The molecule has 0 aliphatic carbocycles. The van der Waals surface area contributed by atoms with Crippen LogP contribution in [-0.2, 0) is 16.6 Å². The number of sulfonamides is 1. The number of carbonyl (C=O) groups is 1. The van der Waals surface area contributed by atoms with Crippen molar-refractivity contribution in [2.45, 2.75) is 11.4 Å². The molecule has 0 fully saturated rings. The van der Waals surface area contributed by atoms with E-state index in [0.29, 0.717) is 5.69 Å². The van der Waals surface area contributed by atoms with Crippen LogP contribution in [0.4, 0.5) is 5.69 Å². The van der Waals surface area contributed by atoms with Gasteiger partial charge in [-0.2, -0.15) is 0 Å². The van der Waals surface area contributed by atoms with Crippen LogP contribution in [-0.4, -0.2) is 29.6 Å². The molecule has 0 aliphatic rings. The fraction of sp³-hybridized carbons (Fsp3) is 0.0526. The van der Waals surface area contributed by atoms with Crippen LogP contribution >= 0.6 is 0 Å². The second kappa shape index (κ2) is 7.46. The Balaban J connectivity index is 2.08. The topological polar surface area (TPSA) is 108 Å². The van der Waals surface area contributed by atoms with E-state index in [-0.39, 0.29) is 28.4 Å². The number of aromatic carboxylic acids is 1. The van der Waals surface area contributed by atoms with Crippen LogP contribution in [0.1, 0.15) is 16.1 Å². The summed E-state index contributed by atoms with van der Waals surface area (Å²) >= 11 is 0. The standard InChI is InChI=1S/C19H16N2O5S/c22-18-7-2-1-6-17(18)21(13-15-5-3-4-12-20-15)27(25,26)16-10-8-14(9-11-16)19(23)24/h1-12,22H,13H2,(H,23,24). The number of aromatic nitrogens is 1. The highest BCUT2D eigenvalue weighted by Gasteiger charge is 2.27. The third-order valence-electron chi connectivity index (χ3n) is 3.87. The molecule has 0 spiro atoms. The number of benzene rings is 2. The number of phenolic OH excluding ortho intramolecular Hbond substituents is 1. The molecule has 1 aromatic heterocycles. The molecule has 27 heavy (non-hydrogen) atoms. The van der Waals surface area contributed by atoms with Crippen molar-refractivity contribution in [1.29, 1.82) is 0 Å². The van der Waals surface area contributed by atoms with Gasteiger partial charge in [0, 0.05) is 6.20 Å². The van der Waals surface area contributed by atoms with Crippen molar-refractivity contribution in [3.05, 3.63) is 84.2 Å². The van der Waals surface area contributed by atoms with Gasteiger partial charge in [-0.05, 0) is 48.5 Å². The van der Waals surface area contributed by atoms with Crippen LogP contribution in [0.3, 0.4) is 0 Å². The van der Waals surface area contributed by atoms with Crippen LogP contribution in [0.5, 0.6) is 5.75 Å². The Kier molecular flexibility index (Phi) is 5.09. The molecule has 0 amide bonds. The van der Waals surface area contributed by atoms with E-state index in [0.717, 1.165) is 4.31 Å². The molecule has 0 bridgehead atoms. The molecular weight excluding hydrogens is 368 g/mol. The minimum absolute atomic E-state index is 0.0206. The highest BCUT2D eigenvalue weighted by molar-refractivity contribution is 7.92. The fourth-order valence-electron chi connectivity index (χ4n) is 2.51. The number of pyridine rings is 1. The number of carboxylic acids is 1. The second-order valence-corrected chi connectivity index (χ2v) is 7.51. The third kappa shape index (κ3) is 3.90. The Morgan fingerprint density at radius 3 is 2.22 bits per heavy atom. The molecule has 0 atom stereocenters. The maximum Gasteiger partial charge on any atom is 0.335 e. The van der Waals surface area contributed by atoms with Crippen molar-refractivity contribution in [1.82, 2.24) is 4.98 Å². The lowest BCUT2D eigenvalue weighted by Gasteiger charge is -2.25. The number of aromatic hydroxyl groups is 1. The average molecular weight is 384 g/mol.